The number of nitrogens with one attached hydrogen (secondary N) is 2. The minimum Gasteiger partial charge on any atom is -0.385 e. The maximum Gasteiger partial charge on any atom is 0.318 e. The summed E-state index contributed by atoms with van der Waals surface area (Å²) >= 11 is 3.36. The number of halogens is 1. The van der Waals surface area contributed by atoms with E-state index in [9.17, 15) is 4.79 Å². The van der Waals surface area contributed by atoms with Crippen LogP contribution in [0.2, 0.25) is 0 Å². The van der Waals surface area contributed by atoms with Crippen molar-refractivity contribution in [2.24, 2.45) is 0 Å². The standard InChI is InChI=1S/C13H17BrN2O2/c1-18-10-2-8-15-13(17)16-9-7-11-3-5-12(14)6-4-11/h3-7,9H,2,8,10H2,1H3,(H2,15,16,17)/b9-7+. The molecule has 98 valence electrons. The van der Waals surface area contributed by atoms with Gasteiger partial charge >= 0.3 is 6.03 Å². The predicted molar refractivity (Wildman–Crippen MR) is 76.2 cm³/mol. The smallest absolute Gasteiger partial charge is 0.318 e. The first-order chi connectivity index (χ1) is 8.72. The number of rotatable bonds is 6. The van der Waals surface area contributed by atoms with Crippen LogP contribution in [0.1, 0.15) is 12.0 Å². The first-order valence-electron chi connectivity index (χ1n) is 5.68. The SMILES string of the molecule is COCCCNC(=O)N/C=C/c1ccc(Br)cc1. The molecular weight excluding hydrogens is 296 g/mol. The minimum atomic E-state index is -0.209. The highest BCUT2D eigenvalue weighted by atomic mass is 79.9. The lowest BCUT2D eigenvalue weighted by Gasteiger charge is -2.03. The summed E-state index contributed by atoms with van der Waals surface area (Å²) in [5.41, 5.74) is 1.03. The van der Waals surface area contributed by atoms with E-state index in [2.05, 4.69) is 26.6 Å². The lowest BCUT2D eigenvalue weighted by molar-refractivity contribution is 0.193. The van der Waals surface area contributed by atoms with E-state index in [0.717, 1.165) is 16.5 Å². The van der Waals surface area contributed by atoms with Crippen molar-refractivity contribution in [3.63, 3.8) is 0 Å². The molecule has 2 N–H and O–H groups in total. The van der Waals surface area contributed by atoms with Crippen molar-refractivity contribution in [2.45, 2.75) is 6.42 Å². The van der Waals surface area contributed by atoms with E-state index in [0.29, 0.717) is 13.2 Å². The molecule has 1 rings (SSSR count). The number of carbonyl (C=O) groups excluding carboxylic acids is 1. The largest absolute Gasteiger partial charge is 0.385 e. The fourth-order valence-electron chi connectivity index (χ4n) is 1.26. The zero-order valence-corrected chi connectivity index (χ0v) is 11.9. The Balaban J connectivity index is 2.23. The second kappa shape index (κ2) is 8.72. The molecule has 0 saturated heterocycles. The van der Waals surface area contributed by atoms with E-state index in [4.69, 9.17) is 4.74 Å². The van der Waals surface area contributed by atoms with Gasteiger partial charge in [0.25, 0.3) is 0 Å². The maximum absolute atomic E-state index is 11.3. The quantitative estimate of drug-likeness (QED) is 0.794. The molecule has 0 heterocycles. The first-order valence-corrected chi connectivity index (χ1v) is 6.47. The molecule has 1 aromatic rings. The van der Waals surface area contributed by atoms with Crippen molar-refractivity contribution in [1.29, 1.82) is 0 Å². The van der Waals surface area contributed by atoms with E-state index >= 15 is 0 Å². The summed E-state index contributed by atoms with van der Waals surface area (Å²) in [6, 6.07) is 7.60. The van der Waals surface area contributed by atoms with Crippen LogP contribution in [-0.4, -0.2) is 26.3 Å². The number of hydrogen-bond donors (Lipinski definition) is 2. The number of methoxy groups -OCH3 is 1. The summed E-state index contributed by atoms with van der Waals surface area (Å²) in [7, 11) is 1.64. The van der Waals surface area contributed by atoms with Gasteiger partial charge in [-0.25, -0.2) is 4.79 Å². The monoisotopic (exact) mass is 312 g/mol. The van der Waals surface area contributed by atoms with E-state index in [1.165, 1.54) is 0 Å². The van der Waals surface area contributed by atoms with Crippen LogP contribution in [0.4, 0.5) is 4.79 Å². The number of urea groups is 1. The molecule has 0 aromatic heterocycles. The Kier molecular flexibility index (Phi) is 7.13. The Morgan fingerprint density at radius 3 is 2.78 bits per heavy atom. The summed E-state index contributed by atoms with van der Waals surface area (Å²) in [5.74, 6) is 0. The normalized spacial score (nSPS) is 10.6. The highest BCUT2D eigenvalue weighted by Gasteiger charge is 1.95. The number of benzene rings is 1. The van der Waals surface area contributed by atoms with Gasteiger partial charge in [-0.05, 0) is 30.2 Å². The zero-order chi connectivity index (χ0) is 13.2. The van der Waals surface area contributed by atoms with Crippen LogP contribution in [0.25, 0.3) is 6.08 Å². The summed E-state index contributed by atoms with van der Waals surface area (Å²) < 4.78 is 5.91. The molecule has 0 aliphatic carbocycles. The van der Waals surface area contributed by atoms with E-state index in [-0.39, 0.29) is 6.03 Å². The third-order valence-corrected chi connectivity index (χ3v) is 2.70. The third kappa shape index (κ3) is 6.42. The van der Waals surface area contributed by atoms with E-state index in [1.54, 1.807) is 13.3 Å². The van der Waals surface area contributed by atoms with Gasteiger partial charge in [0.15, 0.2) is 0 Å². The molecule has 0 bridgehead atoms. The Morgan fingerprint density at radius 2 is 2.11 bits per heavy atom. The minimum absolute atomic E-state index is 0.209. The molecule has 0 atom stereocenters. The van der Waals surface area contributed by atoms with Crippen molar-refractivity contribution < 1.29 is 9.53 Å². The van der Waals surface area contributed by atoms with E-state index in [1.807, 2.05) is 30.3 Å². The Bertz CT molecular complexity index is 390. The molecule has 0 aliphatic rings. The Labute approximate surface area is 116 Å². The highest BCUT2D eigenvalue weighted by Crippen LogP contribution is 2.10. The third-order valence-electron chi connectivity index (χ3n) is 2.17. The summed E-state index contributed by atoms with van der Waals surface area (Å²) in [5, 5.41) is 5.36. The van der Waals surface area contributed by atoms with Crippen LogP contribution >= 0.6 is 15.9 Å². The van der Waals surface area contributed by atoms with Gasteiger partial charge in [-0.3, -0.25) is 0 Å². The second-order valence-electron chi connectivity index (χ2n) is 3.63. The number of amides is 2. The van der Waals surface area contributed by atoms with Crippen molar-refractivity contribution in [1.82, 2.24) is 10.6 Å². The maximum atomic E-state index is 11.3. The molecule has 0 saturated carbocycles. The van der Waals surface area contributed by atoms with Crippen molar-refractivity contribution >= 4 is 28.0 Å². The van der Waals surface area contributed by atoms with Gasteiger partial charge in [0.2, 0.25) is 0 Å². The van der Waals surface area contributed by atoms with Crippen molar-refractivity contribution in [3.05, 3.63) is 40.5 Å². The molecule has 0 spiro atoms. The predicted octanol–water partition coefficient (Wildman–Crippen LogP) is 2.76. The summed E-state index contributed by atoms with van der Waals surface area (Å²) in [6.45, 7) is 1.25. The van der Waals surface area contributed by atoms with Crippen LogP contribution in [-0.2, 0) is 4.74 Å². The highest BCUT2D eigenvalue weighted by molar-refractivity contribution is 9.10. The van der Waals surface area contributed by atoms with Crippen LogP contribution in [0.3, 0.4) is 0 Å². The van der Waals surface area contributed by atoms with Gasteiger partial charge in [-0.2, -0.15) is 0 Å². The van der Waals surface area contributed by atoms with Crippen LogP contribution in [0.15, 0.2) is 34.9 Å². The lowest BCUT2D eigenvalue weighted by atomic mass is 10.2. The first kappa shape index (κ1) is 14.7. The van der Waals surface area contributed by atoms with Crippen LogP contribution < -0.4 is 10.6 Å². The molecule has 0 unspecified atom stereocenters. The molecule has 1 aromatic carbocycles. The van der Waals surface area contributed by atoms with Crippen molar-refractivity contribution in [2.75, 3.05) is 20.3 Å². The molecule has 2 amide bonds. The molecular formula is C13H17BrN2O2. The van der Waals surface area contributed by atoms with Crippen LogP contribution in [0.5, 0.6) is 0 Å². The Hall–Kier alpha value is -1.33. The van der Waals surface area contributed by atoms with Gasteiger partial charge in [0, 0.05) is 30.9 Å². The fourth-order valence-corrected chi connectivity index (χ4v) is 1.52. The fraction of sp³-hybridized carbons (Fsp3) is 0.308. The molecule has 0 radical (unpaired) electrons. The molecule has 4 nitrogen and oxygen atoms in total. The van der Waals surface area contributed by atoms with Gasteiger partial charge in [0.1, 0.15) is 0 Å². The number of carbonyl (C=O) groups is 1. The molecule has 18 heavy (non-hydrogen) atoms. The molecule has 5 heteroatoms. The second-order valence-corrected chi connectivity index (χ2v) is 4.55. The average molecular weight is 313 g/mol. The van der Waals surface area contributed by atoms with Gasteiger partial charge in [0.05, 0.1) is 0 Å². The topological polar surface area (TPSA) is 50.4 Å². The number of ether oxygens (including phenoxy) is 1. The van der Waals surface area contributed by atoms with Gasteiger partial charge in [-0.15, -0.1) is 0 Å². The average Bonchev–Trinajstić information content (AvgIpc) is 2.37. The lowest BCUT2D eigenvalue weighted by Crippen LogP contribution is -2.33. The summed E-state index contributed by atoms with van der Waals surface area (Å²) in [4.78, 5) is 11.3. The number of hydrogen-bond acceptors (Lipinski definition) is 2. The zero-order valence-electron chi connectivity index (χ0n) is 10.3. The molecule has 0 fully saturated rings. The van der Waals surface area contributed by atoms with Gasteiger partial charge < -0.3 is 15.4 Å². The molecule has 0 aliphatic heterocycles. The van der Waals surface area contributed by atoms with E-state index < -0.39 is 0 Å². The Morgan fingerprint density at radius 1 is 1.39 bits per heavy atom. The van der Waals surface area contributed by atoms with Crippen molar-refractivity contribution in [3.8, 4) is 0 Å². The van der Waals surface area contributed by atoms with Gasteiger partial charge in [-0.1, -0.05) is 28.1 Å². The summed E-state index contributed by atoms with van der Waals surface area (Å²) in [6.07, 6.45) is 4.26. The van der Waals surface area contributed by atoms with Crippen LogP contribution in [0, 0.1) is 0 Å².